The number of benzene rings is 1. The number of aromatic nitrogens is 2. The van der Waals surface area contributed by atoms with Crippen LogP contribution < -0.4 is 15.2 Å². The van der Waals surface area contributed by atoms with Gasteiger partial charge in [0.05, 0.1) is 19.3 Å². The van der Waals surface area contributed by atoms with E-state index in [2.05, 4.69) is 10.1 Å². The van der Waals surface area contributed by atoms with Crippen molar-refractivity contribution in [1.29, 1.82) is 0 Å². The van der Waals surface area contributed by atoms with Crippen LogP contribution in [0.2, 0.25) is 5.02 Å². The molecule has 0 aliphatic carbocycles. The first kappa shape index (κ1) is 32.1. The molecule has 0 aliphatic heterocycles. The standard InChI is InChI=1S/C23H33ClN3O9PS/c1-4-5-13-34-20(30)15(2)26-37(33,36-17-8-6-16(24)7-9-17)35-14-11-18(28)23(3,32)21(31)27-12-10-19(29)25-22(27)38/h6-10,12,15,18,21,28,31-32H,4-5,11,13-14H2,1-3H3,(H,26,33)(H,25,29,38)/t15-,18?,21+,23+,37?/m0/s1. The summed E-state index contributed by atoms with van der Waals surface area (Å²) in [4.78, 5) is 26.0. The van der Waals surface area contributed by atoms with Gasteiger partial charge in [0.25, 0.3) is 5.56 Å². The summed E-state index contributed by atoms with van der Waals surface area (Å²) in [5.41, 5.74) is -2.66. The first-order valence-electron chi connectivity index (χ1n) is 11.8. The Morgan fingerprint density at radius 1 is 1.26 bits per heavy atom. The average Bonchev–Trinajstić information content (AvgIpc) is 2.85. The van der Waals surface area contributed by atoms with Gasteiger partial charge in [0.2, 0.25) is 0 Å². The number of aromatic amines is 1. The fourth-order valence-electron chi connectivity index (χ4n) is 3.11. The van der Waals surface area contributed by atoms with Crippen LogP contribution in [0.4, 0.5) is 0 Å². The van der Waals surface area contributed by atoms with Crippen molar-refractivity contribution >= 4 is 37.5 Å². The van der Waals surface area contributed by atoms with Gasteiger partial charge in [-0.1, -0.05) is 24.9 Å². The number of carbonyl (C=O) groups is 1. The lowest BCUT2D eigenvalue weighted by Crippen LogP contribution is -2.48. The first-order valence-corrected chi connectivity index (χ1v) is 14.2. The van der Waals surface area contributed by atoms with Crippen LogP contribution in [0.15, 0.2) is 41.3 Å². The summed E-state index contributed by atoms with van der Waals surface area (Å²) in [6.07, 6.45) is -0.997. The molecule has 0 aliphatic rings. The van der Waals surface area contributed by atoms with Gasteiger partial charge < -0.3 is 24.6 Å². The van der Waals surface area contributed by atoms with Crippen LogP contribution in [0.25, 0.3) is 0 Å². The zero-order valence-corrected chi connectivity index (χ0v) is 23.7. The van der Waals surface area contributed by atoms with Crippen LogP contribution >= 0.6 is 31.6 Å². The van der Waals surface area contributed by atoms with Gasteiger partial charge in [-0.15, -0.1) is 0 Å². The fourth-order valence-corrected chi connectivity index (χ4v) is 5.00. The van der Waals surface area contributed by atoms with E-state index in [0.717, 1.165) is 24.0 Å². The van der Waals surface area contributed by atoms with E-state index < -0.39 is 49.9 Å². The number of H-pyrrole nitrogens is 1. The SMILES string of the molecule is CCCCOC(=O)[C@H](C)NP(=O)(OCCC(O)[C@@](C)(O)[C@@H](O)n1ccc(=O)[nH]c1=S)Oc1ccc(Cl)cc1. The predicted molar refractivity (Wildman–Crippen MR) is 142 cm³/mol. The first-order chi connectivity index (χ1) is 17.8. The van der Waals surface area contributed by atoms with Crippen molar-refractivity contribution in [2.45, 2.75) is 64.0 Å². The smallest absolute Gasteiger partial charge is 0.459 e. The van der Waals surface area contributed by atoms with Gasteiger partial charge in [0, 0.05) is 23.7 Å². The maximum Gasteiger partial charge on any atom is 0.459 e. The van der Waals surface area contributed by atoms with E-state index in [-0.39, 0.29) is 23.5 Å². The van der Waals surface area contributed by atoms with Crippen molar-refractivity contribution in [2.75, 3.05) is 13.2 Å². The van der Waals surface area contributed by atoms with Crippen LogP contribution in [-0.4, -0.2) is 61.8 Å². The summed E-state index contributed by atoms with van der Waals surface area (Å²) in [6, 6.07) is 5.95. The highest BCUT2D eigenvalue weighted by Gasteiger charge is 2.40. The number of unbranched alkanes of at least 4 members (excludes halogenated alkanes) is 1. The van der Waals surface area contributed by atoms with Crippen LogP contribution in [0.1, 0.15) is 46.3 Å². The van der Waals surface area contributed by atoms with Gasteiger partial charge in [0.15, 0.2) is 11.0 Å². The van der Waals surface area contributed by atoms with Crippen molar-refractivity contribution in [1.82, 2.24) is 14.6 Å². The summed E-state index contributed by atoms with van der Waals surface area (Å²) in [5.74, 6) is -0.530. The highest BCUT2D eigenvalue weighted by molar-refractivity contribution is 7.71. The Morgan fingerprint density at radius 2 is 1.92 bits per heavy atom. The molecule has 12 nitrogen and oxygen atoms in total. The predicted octanol–water partition coefficient (Wildman–Crippen LogP) is 3.08. The Bertz CT molecular complexity index is 1220. The van der Waals surface area contributed by atoms with Gasteiger partial charge in [-0.2, -0.15) is 5.09 Å². The third-order valence-electron chi connectivity index (χ3n) is 5.45. The largest absolute Gasteiger partial charge is 0.465 e. The number of nitrogens with one attached hydrogen (secondary N) is 2. The molecule has 0 saturated heterocycles. The van der Waals surface area contributed by atoms with E-state index in [9.17, 15) is 29.5 Å². The van der Waals surface area contributed by atoms with Crippen LogP contribution in [0, 0.1) is 4.77 Å². The average molecular weight is 594 g/mol. The van der Waals surface area contributed by atoms with Crippen LogP contribution in [0.5, 0.6) is 5.75 Å². The lowest BCUT2D eigenvalue weighted by atomic mass is 9.94. The minimum Gasteiger partial charge on any atom is -0.465 e. The normalized spacial score (nSPS) is 17.0. The highest BCUT2D eigenvalue weighted by Crippen LogP contribution is 2.45. The summed E-state index contributed by atoms with van der Waals surface area (Å²) in [7, 11) is -4.22. The fraction of sp³-hybridized carbons (Fsp3) is 0.522. The number of hydrogen-bond acceptors (Lipinski definition) is 10. The molecule has 0 amide bonds. The number of hydrogen-bond donors (Lipinski definition) is 5. The second kappa shape index (κ2) is 14.3. The summed E-state index contributed by atoms with van der Waals surface area (Å²) >= 11 is 10.9. The summed E-state index contributed by atoms with van der Waals surface area (Å²) in [6.45, 7) is 4.31. The molecule has 1 aromatic heterocycles. The van der Waals surface area contributed by atoms with E-state index in [1.807, 2.05) is 6.92 Å². The molecule has 212 valence electrons. The lowest BCUT2D eigenvalue weighted by molar-refractivity contribution is -0.167. The molecule has 0 radical (unpaired) electrons. The molecule has 0 bridgehead atoms. The molecule has 0 spiro atoms. The van der Waals surface area contributed by atoms with Crippen molar-refractivity contribution in [3.63, 3.8) is 0 Å². The number of halogens is 1. The van der Waals surface area contributed by atoms with E-state index in [1.165, 1.54) is 37.4 Å². The number of nitrogens with zero attached hydrogens (tertiary/aromatic N) is 1. The zero-order valence-electron chi connectivity index (χ0n) is 21.2. The second-order valence-corrected chi connectivity index (χ2v) is 11.2. The molecule has 2 aromatic rings. The maximum atomic E-state index is 13.5. The second-order valence-electron chi connectivity index (χ2n) is 8.67. The number of aliphatic hydroxyl groups excluding tert-OH is 2. The molecule has 2 rings (SSSR count). The van der Waals surface area contributed by atoms with Gasteiger partial charge >= 0.3 is 13.7 Å². The van der Waals surface area contributed by atoms with Crippen molar-refractivity contribution in [3.8, 4) is 5.75 Å². The molecule has 1 heterocycles. The Kier molecular flexibility index (Phi) is 12.1. The quantitative estimate of drug-likeness (QED) is 0.0889. The summed E-state index contributed by atoms with van der Waals surface area (Å²) in [5, 5.41) is 35.0. The van der Waals surface area contributed by atoms with Crippen molar-refractivity contribution in [3.05, 3.63) is 56.7 Å². The molecule has 5 N–H and O–H groups in total. The van der Waals surface area contributed by atoms with Crippen LogP contribution in [0.3, 0.4) is 0 Å². The molecule has 38 heavy (non-hydrogen) atoms. The van der Waals surface area contributed by atoms with E-state index in [1.54, 1.807) is 0 Å². The topological polar surface area (TPSA) is 172 Å². The number of aliphatic hydroxyl groups is 3. The van der Waals surface area contributed by atoms with E-state index in [4.69, 9.17) is 37.6 Å². The number of ether oxygens (including phenoxy) is 1. The van der Waals surface area contributed by atoms with Crippen molar-refractivity contribution < 1.29 is 38.5 Å². The Labute approximate surface area is 230 Å². The maximum absolute atomic E-state index is 13.5. The third-order valence-corrected chi connectivity index (χ3v) is 7.69. The lowest BCUT2D eigenvalue weighted by Gasteiger charge is -2.34. The molecular weight excluding hydrogens is 561 g/mol. The third kappa shape index (κ3) is 9.28. The molecule has 15 heteroatoms. The molecular formula is C23H33ClN3O9PS. The number of rotatable bonds is 15. The molecule has 0 fully saturated rings. The van der Waals surface area contributed by atoms with Gasteiger partial charge in [-0.25, -0.2) is 4.57 Å². The Hall–Kier alpha value is -2.09. The van der Waals surface area contributed by atoms with Gasteiger partial charge in [-0.3, -0.25) is 23.7 Å². The number of esters is 1. The molecule has 1 aromatic carbocycles. The minimum absolute atomic E-state index is 0.132. The zero-order chi connectivity index (χ0) is 28.5. The molecule has 0 saturated carbocycles. The van der Waals surface area contributed by atoms with Gasteiger partial charge in [0.1, 0.15) is 17.4 Å². The summed E-state index contributed by atoms with van der Waals surface area (Å²) < 4.78 is 30.5. The van der Waals surface area contributed by atoms with E-state index >= 15 is 0 Å². The monoisotopic (exact) mass is 593 g/mol. The van der Waals surface area contributed by atoms with Gasteiger partial charge in [-0.05, 0) is 56.8 Å². The van der Waals surface area contributed by atoms with E-state index in [0.29, 0.717) is 11.4 Å². The van der Waals surface area contributed by atoms with Crippen LogP contribution in [-0.2, 0) is 18.6 Å². The minimum atomic E-state index is -4.22. The Morgan fingerprint density at radius 3 is 2.53 bits per heavy atom. The molecule has 5 atom stereocenters. The Balaban J connectivity index is 2.12. The highest BCUT2D eigenvalue weighted by atomic mass is 35.5. The molecule has 2 unspecified atom stereocenters. The van der Waals surface area contributed by atoms with Crippen molar-refractivity contribution in [2.24, 2.45) is 0 Å². The number of carbonyl (C=O) groups excluding carboxylic acids is 1.